The largest absolute Gasteiger partial charge is 0.507 e. The molecule has 1 saturated carbocycles. The lowest BCUT2D eigenvalue weighted by atomic mass is 9.77. The van der Waals surface area contributed by atoms with E-state index < -0.39 is 23.6 Å². The third-order valence-corrected chi connectivity index (χ3v) is 16.2. The van der Waals surface area contributed by atoms with Crippen LogP contribution in [0.15, 0.2) is 96.8 Å². The number of benzene rings is 3. The summed E-state index contributed by atoms with van der Waals surface area (Å²) in [7, 11) is 0. The molecule has 17 heteroatoms. The highest BCUT2D eigenvalue weighted by Gasteiger charge is 2.46. The van der Waals surface area contributed by atoms with Crippen LogP contribution < -0.4 is 26.2 Å². The van der Waals surface area contributed by atoms with Crippen LogP contribution in [0.25, 0.3) is 32.8 Å². The van der Waals surface area contributed by atoms with Crippen LogP contribution in [0.5, 0.6) is 5.75 Å². The van der Waals surface area contributed by atoms with Crippen molar-refractivity contribution in [2.75, 3.05) is 35.2 Å². The highest BCUT2D eigenvalue weighted by atomic mass is 32.1. The summed E-state index contributed by atoms with van der Waals surface area (Å²) in [5.74, 6) is 0.448. The van der Waals surface area contributed by atoms with Gasteiger partial charge in [0.15, 0.2) is 5.82 Å². The van der Waals surface area contributed by atoms with Crippen LogP contribution in [0, 0.1) is 18.3 Å². The van der Waals surface area contributed by atoms with Crippen molar-refractivity contribution in [3.8, 4) is 38.6 Å². The Labute approximate surface area is 424 Å². The third kappa shape index (κ3) is 10.1. The molecule has 5 atom stereocenters. The minimum absolute atomic E-state index is 0.0254. The lowest BCUT2D eigenvalue weighted by Crippen LogP contribution is -2.58. The molecule has 10 rings (SSSR count). The summed E-state index contributed by atoms with van der Waals surface area (Å²) in [6.07, 6.45) is 8.19. The molecular formula is C55H63N11O5S. The number of phenolic OH excluding ortho intramolecular Hbond substituents is 1. The first kappa shape index (κ1) is 48.6. The number of amides is 3. The Balaban J connectivity index is 0.716. The van der Waals surface area contributed by atoms with Gasteiger partial charge in [0.1, 0.15) is 17.8 Å². The number of phenols is 1. The average molecular weight is 990 g/mol. The molecule has 4 aliphatic rings. The number of aromatic nitrogens is 5. The number of aliphatic hydroxyl groups excluding tert-OH is 1. The topological polar surface area (TPSA) is 216 Å². The van der Waals surface area contributed by atoms with Crippen LogP contribution in [-0.2, 0) is 20.9 Å². The van der Waals surface area contributed by atoms with Crippen molar-refractivity contribution in [1.82, 2.24) is 40.7 Å². The maximum absolute atomic E-state index is 14.3. The maximum atomic E-state index is 14.3. The van der Waals surface area contributed by atoms with Crippen molar-refractivity contribution < 1.29 is 24.6 Å². The van der Waals surface area contributed by atoms with Gasteiger partial charge in [-0.1, -0.05) is 81.4 Å². The zero-order valence-electron chi connectivity index (χ0n) is 41.2. The first-order valence-corrected chi connectivity index (χ1v) is 26.0. The van der Waals surface area contributed by atoms with Crippen LogP contribution >= 0.6 is 11.3 Å². The highest BCUT2D eigenvalue weighted by Crippen LogP contribution is 2.40. The van der Waals surface area contributed by atoms with Crippen LogP contribution in [0.1, 0.15) is 88.5 Å². The number of fused-ring (bicyclic) bond motifs is 2. The number of carbonyl (C=O) groups is 3. The number of nitrogen functional groups attached to an aromatic ring is 1. The summed E-state index contributed by atoms with van der Waals surface area (Å²) < 4.78 is 0. The molecule has 3 aliphatic heterocycles. The summed E-state index contributed by atoms with van der Waals surface area (Å²) in [6, 6.07) is 24.2. The number of anilines is 3. The number of carbonyl (C=O) groups excluding carboxylic acids is 3. The number of nitrogens with zero attached hydrogens (tertiary/aromatic N) is 8. The van der Waals surface area contributed by atoms with E-state index in [4.69, 9.17) is 15.7 Å². The van der Waals surface area contributed by atoms with E-state index in [1.165, 1.54) is 10.5 Å². The molecule has 0 radical (unpaired) electrons. The van der Waals surface area contributed by atoms with Crippen molar-refractivity contribution in [3.63, 3.8) is 0 Å². The van der Waals surface area contributed by atoms with Gasteiger partial charge in [0.05, 0.1) is 33.6 Å². The smallest absolute Gasteiger partial charge is 0.246 e. The summed E-state index contributed by atoms with van der Waals surface area (Å²) in [4.78, 5) is 63.1. The van der Waals surface area contributed by atoms with Crippen LogP contribution in [0.2, 0.25) is 0 Å². The second kappa shape index (κ2) is 20.3. The normalized spacial score (nSPS) is 22.4. The zero-order valence-corrected chi connectivity index (χ0v) is 42.1. The van der Waals surface area contributed by atoms with Gasteiger partial charge in [0, 0.05) is 74.1 Å². The predicted molar refractivity (Wildman–Crippen MR) is 279 cm³/mol. The number of aromatic hydroxyl groups is 1. The van der Waals surface area contributed by atoms with Gasteiger partial charge >= 0.3 is 0 Å². The van der Waals surface area contributed by atoms with Crippen molar-refractivity contribution in [2.45, 2.75) is 115 Å². The van der Waals surface area contributed by atoms with Crippen molar-refractivity contribution in [1.29, 1.82) is 0 Å². The van der Waals surface area contributed by atoms with Gasteiger partial charge in [-0.2, -0.15) is 0 Å². The van der Waals surface area contributed by atoms with Crippen LogP contribution in [0.3, 0.4) is 0 Å². The molecule has 16 nitrogen and oxygen atoms in total. The number of thiazole rings is 1. The number of β-amino-alcohol motifs (C(OH)–C–C–N with tert-alkyl or cyclic N) is 1. The molecule has 3 aromatic heterocycles. The molecule has 6 N–H and O–H groups in total. The monoisotopic (exact) mass is 989 g/mol. The minimum atomic E-state index is -0.876. The Morgan fingerprint density at radius 1 is 0.819 bits per heavy atom. The molecule has 4 fully saturated rings. The number of piperazine rings is 1. The van der Waals surface area contributed by atoms with Crippen molar-refractivity contribution >= 4 is 46.5 Å². The Hall–Kier alpha value is -6.98. The quantitative estimate of drug-likeness (QED) is 0.0817. The Kier molecular flexibility index (Phi) is 13.7. The number of aliphatic hydroxyl groups is 1. The minimum Gasteiger partial charge on any atom is -0.507 e. The van der Waals surface area contributed by atoms with E-state index in [1.807, 2.05) is 88.1 Å². The fraction of sp³-hybridized carbons (Fsp3) is 0.418. The van der Waals surface area contributed by atoms with Gasteiger partial charge in [0.25, 0.3) is 0 Å². The molecule has 6 heterocycles. The lowest BCUT2D eigenvalue weighted by molar-refractivity contribution is -0.144. The van der Waals surface area contributed by atoms with Gasteiger partial charge in [0.2, 0.25) is 23.7 Å². The number of likely N-dealkylation sites (tertiary alicyclic amines) is 1. The van der Waals surface area contributed by atoms with E-state index in [1.54, 1.807) is 23.5 Å². The molecule has 3 aromatic carbocycles. The summed E-state index contributed by atoms with van der Waals surface area (Å²) >= 11 is 1.59. The molecule has 3 amide bonds. The number of aryl methyl sites for hydroxylation is 1. The Morgan fingerprint density at radius 2 is 1.50 bits per heavy atom. The maximum Gasteiger partial charge on any atom is 0.246 e. The number of para-hydroxylation sites is 1. The van der Waals surface area contributed by atoms with Crippen molar-refractivity contribution in [3.05, 3.63) is 114 Å². The number of hydrogen-bond acceptors (Lipinski definition) is 14. The fourth-order valence-corrected chi connectivity index (χ4v) is 12.0. The summed E-state index contributed by atoms with van der Waals surface area (Å²) in [5.41, 5.74) is 15.7. The molecule has 2 bridgehead atoms. The van der Waals surface area contributed by atoms with E-state index in [0.717, 1.165) is 83.2 Å². The molecule has 1 aliphatic carbocycles. The molecule has 3 saturated heterocycles. The van der Waals surface area contributed by atoms with E-state index in [9.17, 15) is 24.6 Å². The van der Waals surface area contributed by atoms with Crippen LogP contribution in [0.4, 0.5) is 17.5 Å². The number of nitrogens with two attached hydrogens (primary N) is 1. The molecule has 2 unspecified atom stereocenters. The second-order valence-electron chi connectivity index (χ2n) is 21.0. The van der Waals surface area contributed by atoms with E-state index in [-0.39, 0.29) is 61.0 Å². The van der Waals surface area contributed by atoms with E-state index >= 15 is 0 Å². The third-order valence-electron chi connectivity index (χ3n) is 15.2. The van der Waals surface area contributed by atoms with Gasteiger partial charge in [-0.25, -0.2) is 15.0 Å². The standard InChI is InChI=1S/C55H63N11O5S/c1-32-48(72-31-60-32)37-11-9-33(10-12-37)25-57-52(70)46-23-42(67)30-65(46)53(71)49(55(2,3)4)61-51(69)38-19-17-35(18-20-38)34-13-15-36(16-14-34)39-26-58-54(59-27-39)66-40-21-22-41(66)29-64(28-40)45-24-44(62-63-50(45)56)43-7-5-6-8-47(43)68/h5-16,24,26-27,31,35,38,40-42,46,49,67-68H,17-23,25,28-30H2,1-4H3,(H2,56,63)(H,57,70)(H,61,69)/t35-,38+,40?,41?,42-,46+,49-/m1/s1. The second-order valence-corrected chi connectivity index (χ2v) is 21.9. The number of nitrogens with one attached hydrogen (secondary N) is 2. The predicted octanol–water partition coefficient (Wildman–Crippen LogP) is 7.26. The lowest BCUT2D eigenvalue weighted by Gasteiger charge is -2.42. The van der Waals surface area contributed by atoms with Gasteiger partial charge < -0.3 is 41.3 Å². The molecule has 374 valence electrons. The molecule has 6 aromatic rings. The number of rotatable bonds is 12. The zero-order chi connectivity index (χ0) is 50.3. The Bertz CT molecular complexity index is 2900. The summed E-state index contributed by atoms with van der Waals surface area (Å²) in [6.45, 7) is 9.50. The van der Waals surface area contributed by atoms with Crippen molar-refractivity contribution in [2.24, 2.45) is 11.3 Å². The SMILES string of the molecule is Cc1ncsc1-c1ccc(CNC(=O)[C@@H]2C[C@@H](O)CN2C(=O)[C@@H](NC(=O)[C@H]2CC[C@@H](c3ccc(-c4cnc(N5C6CCC5CN(c5cc(-c7ccccc7O)nnc5N)C6)nc4)cc3)CC2)C(C)(C)C)cc1. The van der Waals surface area contributed by atoms with Gasteiger partial charge in [-0.3, -0.25) is 14.4 Å². The first-order chi connectivity index (χ1) is 34.7. The average Bonchev–Trinajstić information content (AvgIpc) is 4.08. The Morgan fingerprint density at radius 3 is 2.15 bits per heavy atom. The van der Waals surface area contributed by atoms with Crippen LogP contribution in [-0.4, -0.2) is 108 Å². The van der Waals surface area contributed by atoms with E-state index in [0.29, 0.717) is 35.8 Å². The number of hydrogen-bond donors (Lipinski definition) is 5. The molecular weight excluding hydrogens is 927 g/mol. The van der Waals surface area contributed by atoms with Gasteiger partial charge in [-0.15, -0.1) is 21.5 Å². The molecule has 72 heavy (non-hydrogen) atoms. The van der Waals surface area contributed by atoms with Gasteiger partial charge in [-0.05, 0) is 97.2 Å². The fourth-order valence-electron chi connectivity index (χ4n) is 11.2. The summed E-state index contributed by atoms with van der Waals surface area (Å²) in [5, 5.41) is 35.8. The molecule has 0 spiro atoms. The highest BCUT2D eigenvalue weighted by molar-refractivity contribution is 7.13. The van der Waals surface area contributed by atoms with E-state index in [2.05, 4.69) is 59.9 Å². The first-order valence-electron chi connectivity index (χ1n) is 25.1.